The van der Waals surface area contributed by atoms with Crippen LogP contribution >= 0.6 is 0 Å². The molecule has 2 aliphatic rings. The predicted molar refractivity (Wildman–Crippen MR) is 103 cm³/mol. The molecule has 1 aliphatic carbocycles. The van der Waals surface area contributed by atoms with Crippen LogP contribution in [0.4, 0.5) is 4.39 Å². The number of nitrogens with zero attached hydrogens (tertiary/aromatic N) is 6. The highest BCUT2D eigenvalue weighted by Crippen LogP contribution is 2.27. The van der Waals surface area contributed by atoms with Crippen molar-refractivity contribution >= 4 is 5.91 Å². The summed E-state index contributed by atoms with van der Waals surface area (Å²) in [5, 5.41) is 25.1. The first-order chi connectivity index (χ1) is 14.1. The first-order valence-electron chi connectivity index (χ1n) is 10.1. The number of nitrogens with one attached hydrogen (secondary N) is 1. The lowest BCUT2D eigenvalue weighted by Crippen LogP contribution is -2.42. The fraction of sp³-hybridized carbons (Fsp3) is 0.550. The molecule has 9 heteroatoms. The van der Waals surface area contributed by atoms with E-state index in [0.717, 1.165) is 37.7 Å². The van der Waals surface area contributed by atoms with Crippen LogP contribution in [0, 0.1) is 23.1 Å². The maximum Gasteiger partial charge on any atom is 0.237 e. The molecule has 0 bridgehead atoms. The van der Waals surface area contributed by atoms with Crippen molar-refractivity contribution in [3.8, 4) is 17.5 Å². The Bertz CT molecular complexity index is 891. The zero-order valence-corrected chi connectivity index (χ0v) is 16.2. The Morgan fingerprint density at radius 1 is 1.28 bits per heavy atom. The molecular formula is C20H24FN7O. The lowest BCUT2D eigenvalue weighted by atomic mass is 10.1. The average Bonchev–Trinajstić information content (AvgIpc) is 3.48. The Morgan fingerprint density at radius 2 is 2.10 bits per heavy atom. The molecule has 8 nitrogen and oxygen atoms in total. The van der Waals surface area contributed by atoms with Gasteiger partial charge in [0.15, 0.2) is 0 Å². The quantitative estimate of drug-likeness (QED) is 0.797. The summed E-state index contributed by atoms with van der Waals surface area (Å²) in [7, 11) is 0. The Balaban J connectivity index is 1.25. The standard InChI is InChI=1S/C20H24FN7O/c21-16-6-4-15(5-7-16)20-24-26-28(25-20)13-14-3-8-17(10-14)23-12-19(29)27-9-1-2-18(27)11-22/h4-7,14,17-18,23H,1-3,8-10,12-13H2. The van der Waals surface area contributed by atoms with E-state index in [2.05, 4.69) is 26.8 Å². The van der Waals surface area contributed by atoms with Crippen molar-refractivity contribution in [2.24, 2.45) is 5.92 Å². The van der Waals surface area contributed by atoms with E-state index in [9.17, 15) is 9.18 Å². The molecule has 1 aromatic carbocycles. The van der Waals surface area contributed by atoms with E-state index in [0.29, 0.717) is 24.8 Å². The van der Waals surface area contributed by atoms with Gasteiger partial charge in [-0.15, -0.1) is 10.2 Å². The van der Waals surface area contributed by atoms with Crippen LogP contribution in [0.1, 0.15) is 32.1 Å². The average molecular weight is 397 g/mol. The van der Waals surface area contributed by atoms with Gasteiger partial charge < -0.3 is 10.2 Å². The van der Waals surface area contributed by atoms with E-state index >= 15 is 0 Å². The Hall–Kier alpha value is -2.86. The van der Waals surface area contributed by atoms with Crippen molar-refractivity contribution in [2.75, 3.05) is 13.1 Å². The molecule has 1 N–H and O–H groups in total. The summed E-state index contributed by atoms with van der Waals surface area (Å²) in [5.74, 6) is 0.619. The number of hydrogen-bond acceptors (Lipinski definition) is 6. The van der Waals surface area contributed by atoms with Crippen LogP contribution in [0.2, 0.25) is 0 Å². The van der Waals surface area contributed by atoms with Gasteiger partial charge in [-0.05, 0) is 67.5 Å². The first-order valence-corrected chi connectivity index (χ1v) is 10.1. The number of amides is 1. The molecule has 2 aromatic rings. The highest BCUT2D eigenvalue weighted by Gasteiger charge is 2.30. The maximum atomic E-state index is 13.0. The zero-order chi connectivity index (χ0) is 20.2. The summed E-state index contributed by atoms with van der Waals surface area (Å²) in [6, 6.07) is 8.26. The van der Waals surface area contributed by atoms with Gasteiger partial charge in [-0.1, -0.05) is 0 Å². The molecule has 2 fully saturated rings. The molecule has 1 amide bonds. The van der Waals surface area contributed by atoms with E-state index in [1.54, 1.807) is 21.8 Å². The summed E-state index contributed by atoms with van der Waals surface area (Å²) in [6.45, 7) is 1.63. The number of rotatable bonds is 6. The van der Waals surface area contributed by atoms with Crippen molar-refractivity contribution in [3.63, 3.8) is 0 Å². The third kappa shape index (κ3) is 4.59. The molecular weight excluding hydrogens is 373 g/mol. The van der Waals surface area contributed by atoms with Crippen LogP contribution in [0.15, 0.2) is 24.3 Å². The molecule has 2 heterocycles. The topological polar surface area (TPSA) is 99.7 Å². The van der Waals surface area contributed by atoms with Crippen LogP contribution in [0.5, 0.6) is 0 Å². The normalized spacial score (nSPS) is 24.0. The largest absolute Gasteiger partial charge is 0.326 e. The molecule has 0 radical (unpaired) electrons. The van der Waals surface area contributed by atoms with Crippen molar-refractivity contribution in [2.45, 2.75) is 50.7 Å². The summed E-state index contributed by atoms with van der Waals surface area (Å²) in [6.07, 6.45) is 4.66. The van der Waals surface area contributed by atoms with Gasteiger partial charge in [-0.25, -0.2) is 4.39 Å². The minimum atomic E-state index is -0.294. The SMILES string of the molecule is N#CC1CCCN1C(=O)CNC1CCC(Cn2nnc(-c3ccc(F)cc3)n2)C1. The number of benzene rings is 1. The van der Waals surface area contributed by atoms with Gasteiger partial charge in [0, 0.05) is 18.2 Å². The fourth-order valence-electron chi connectivity index (χ4n) is 4.22. The van der Waals surface area contributed by atoms with E-state index < -0.39 is 0 Å². The van der Waals surface area contributed by atoms with Crippen LogP contribution in [0.3, 0.4) is 0 Å². The molecule has 0 spiro atoms. The van der Waals surface area contributed by atoms with Crippen LogP contribution in [0.25, 0.3) is 11.4 Å². The van der Waals surface area contributed by atoms with Crippen molar-refractivity contribution in [1.82, 2.24) is 30.4 Å². The molecule has 152 valence electrons. The lowest BCUT2D eigenvalue weighted by Gasteiger charge is -2.21. The molecule has 3 atom stereocenters. The highest BCUT2D eigenvalue weighted by atomic mass is 19.1. The van der Waals surface area contributed by atoms with Crippen LogP contribution in [-0.2, 0) is 11.3 Å². The number of carbonyl (C=O) groups is 1. The molecule has 29 heavy (non-hydrogen) atoms. The van der Waals surface area contributed by atoms with Gasteiger partial charge in [-0.2, -0.15) is 10.1 Å². The minimum absolute atomic E-state index is 0.0133. The predicted octanol–water partition coefficient (Wildman–Crippen LogP) is 1.75. The number of tetrazole rings is 1. The van der Waals surface area contributed by atoms with Gasteiger partial charge >= 0.3 is 0 Å². The number of aromatic nitrogens is 4. The molecule has 1 saturated carbocycles. The van der Waals surface area contributed by atoms with Crippen molar-refractivity contribution in [3.05, 3.63) is 30.1 Å². The molecule has 1 aromatic heterocycles. The number of likely N-dealkylation sites (tertiary alicyclic amines) is 1. The molecule has 1 aliphatic heterocycles. The molecule has 1 saturated heterocycles. The lowest BCUT2D eigenvalue weighted by molar-refractivity contribution is -0.130. The number of hydrogen-bond donors (Lipinski definition) is 1. The Kier molecular flexibility index (Phi) is 5.81. The van der Waals surface area contributed by atoms with E-state index in [1.165, 1.54) is 12.1 Å². The van der Waals surface area contributed by atoms with Gasteiger partial charge in [0.05, 0.1) is 19.2 Å². The molecule has 4 rings (SSSR count). The van der Waals surface area contributed by atoms with Gasteiger partial charge in [-0.3, -0.25) is 4.79 Å². The van der Waals surface area contributed by atoms with Gasteiger partial charge in [0.1, 0.15) is 11.9 Å². The van der Waals surface area contributed by atoms with Crippen molar-refractivity contribution in [1.29, 1.82) is 5.26 Å². The molecule has 3 unspecified atom stereocenters. The monoisotopic (exact) mass is 397 g/mol. The van der Waals surface area contributed by atoms with E-state index in [-0.39, 0.29) is 30.4 Å². The Morgan fingerprint density at radius 3 is 2.90 bits per heavy atom. The smallest absolute Gasteiger partial charge is 0.237 e. The minimum Gasteiger partial charge on any atom is -0.326 e. The van der Waals surface area contributed by atoms with Gasteiger partial charge in [0.25, 0.3) is 0 Å². The number of nitriles is 1. The first kappa shape index (κ1) is 19.5. The fourth-order valence-corrected chi connectivity index (χ4v) is 4.22. The summed E-state index contributed by atoms with van der Waals surface area (Å²) in [5.41, 5.74) is 0.736. The summed E-state index contributed by atoms with van der Waals surface area (Å²) in [4.78, 5) is 15.6. The van der Waals surface area contributed by atoms with Gasteiger partial charge in [0.2, 0.25) is 11.7 Å². The maximum absolute atomic E-state index is 13.0. The van der Waals surface area contributed by atoms with Crippen LogP contribution in [-0.4, -0.2) is 56.2 Å². The zero-order valence-electron chi connectivity index (χ0n) is 16.2. The summed E-state index contributed by atoms with van der Waals surface area (Å²) >= 11 is 0. The van der Waals surface area contributed by atoms with E-state index in [4.69, 9.17) is 5.26 Å². The second-order valence-corrected chi connectivity index (χ2v) is 7.81. The Labute approximate surface area is 168 Å². The summed E-state index contributed by atoms with van der Waals surface area (Å²) < 4.78 is 13.0. The highest BCUT2D eigenvalue weighted by molar-refractivity contribution is 5.79. The second-order valence-electron chi connectivity index (χ2n) is 7.81. The van der Waals surface area contributed by atoms with E-state index in [1.807, 2.05) is 0 Å². The third-order valence-corrected chi connectivity index (χ3v) is 5.78. The number of carbonyl (C=O) groups excluding carboxylic acids is 1. The van der Waals surface area contributed by atoms with Crippen molar-refractivity contribution < 1.29 is 9.18 Å². The number of halogens is 1. The second kappa shape index (κ2) is 8.66. The van der Waals surface area contributed by atoms with Crippen LogP contribution < -0.4 is 5.32 Å². The third-order valence-electron chi connectivity index (χ3n) is 5.78.